The van der Waals surface area contributed by atoms with E-state index in [1.54, 1.807) is 0 Å². The Hall–Kier alpha value is -0.460. The zero-order valence-electron chi connectivity index (χ0n) is 14.7. The van der Waals surface area contributed by atoms with Crippen LogP contribution in [0.15, 0.2) is 4.99 Å². The Morgan fingerprint density at radius 3 is 2.61 bits per heavy atom. The van der Waals surface area contributed by atoms with Gasteiger partial charge in [0.2, 0.25) is 0 Å². The van der Waals surface area contributed by atoms with E-state index in [0.717, 1.165) is 25.0 Å². The number of likely N-dealkylation sites (tertiary alicyclic amines) is 2. The summed E-state index contributed by atoms with van der Waals surface area (Å²) in [6.07, 6.45) is 4.11. The van der Waals surface area contributed by atoms with Gasteiger partial charge in [-0.15, -0.1) is 0 Å². The number of nitrogens with one attached hydrogen (secondary N) is 1. The number of rotatable bonds is 5. The predicted molar refractivity (Wildman–Crippen MR) is 100 cm³/mol. The second kappa shape index (κ2) is 9.14. The molecule has 0 bridgehead atoms. The number of nitrogens with zero attached hydrogens (tertiary/aromatic N) is 4. The first-order valence-electron chi connectivity index (χ1n) is 9.33. The highest BCUT2D eigenvalue weighted by Gasteiger charge is 2.27. The fraction of sp³-hybridized carbons (Fsp3) is 0.941. The summed E-state index contributed by atoms with van der Waals surface area (Å²) in [4.78, 5) is 12.2. The summed E-state index contributed by atoms with van der Waals surface area (Å²) in [5.74, 6) is 4.52. The summed E-state index contributed by atoms with van der Waals surface area (Å²) in [6.45, 7) is 10.9. The molecule has 3 fully saturated rings. The fourth-order valence-electron chi connectivity index (χ4n) is 3.99. The van der Waals surface area contributed by atoms with Gasteiger partial charge in [-0.25, -0.2) is 0 Å². The lowest BCUT2D eigenvalue weighted by Crippen LogP contribution is -2.44. The average molecular weight is 340 g/mol. The van der Waals surface area contributed by atoms with Crippen molar-refractivity contribution < 1.29 is 0 Å². The summed E-state index contributed by atoms with van der Waals surface area (Å²) in [6, 6.07) is 0. The van der Waals surface area contributed by atoms with Crippen molar-refractivity contribution in [3.8, 4) is 0 Å². The minimum atomic E-state index is 0.825. The Bertz CT molecular complexity index is 377. The van der Waals surface area contributed by atoms with Crippen molar-refractivity contribution in [2.45, 2.75) is 19.3 Å². The van der Waals surface area contributed by atoms with Gasteiger partial charge < -0.3 is 15.1 Å². The smallest absolute Gasteiger partial charge is 0.193 e. The van der Waals surface area contributed by atoms with E-state index >= 15 is 0 Å². The van der Waals surface area contributed by atoms with Gasteiger partial charge in [0.1, 0.15) is 0 Å². The zero-order valence-corrected chi connectivity index (χ0v) is 15.5. The van der Waals surface area contributed by atoms with E-state index in [1.165, 1.54) is 76.6 Å². The molecule has 0 aromatic heterocycles. The van der Waals surface area contributed by atoms with Crippen LogP contribution in [-0.2, 0) is 0 Å². The first-order valence-corrected chi connectivity index (χ1v) is 10.5. The molecule has 3 heterocycles. The molecule has 0 amide bonds. The highest BCUT2D eigenvalue weighted by atomic mass is 32.2. The maximum absolute atomic E-state index is 4.51. The molecule has 6 heteroatoms. The van der Waals surface area contributed by atoms with Gasteiger partial charge in [-0.3, -0.25) is 9.89 Å². The lowest BCUT2D eigenvalue weighted by molar-refractivity contribution is 0.280. The van der Waals surface area contributed by atoms with Crippen molar-refractivity contribution in [3.05, 3.63) is 0 Å². The topological polar surface area (TPSA) is 34.1 Å². The third-order valence-corrected chi connectivity index (χ3v) is 6.27. The Kier molecular flexibility index (Phi) is 6.90. The van der Waals surface area contributed by atoms with E-state index in [9.17, 15) is 0 Å². The van der Waals surface area contributed by atoms with Gasteiger partial charge in [0.15, 0.2) is 5.96 Å². The third kappa shape index (κ3) is 5.26. The van der Waals surface area contributed by atoms with Crippen molar-refractivity contribution in [1.82, 2.24) is 20.0 Å². The molecule has 3 rings (SSSR count). The molecule has 1 N–H and O–H groups in total. The summed E-state index contributed by atoms with van der Waals surface area (Å²) < 4.78 is 0. The maximum atomic E-state index is 4.51. The minimum absolute atomic E-state index is 0.825. The largest absolute Gasteiger partial charge is 0.355 e. The van der Waals surface area contributed by atoms with E-state index in [-0.39, 0.29) is 0 Å². The Labute approximate surface area is 145 Å². The fourth-order valence-corrected chi connectivity index (χ4v) is 4.97. The molecular weight excluding hydrogens is 306 g/mol. The normalized spacial score (nSPS) is 27.8. The number of aliphatic imine (C=N–C) groups is 1. The first kappa shape index (κ1) is 17.4. The van der Waals surface area contributed by atoms with Gasteiger partial charge in [-0.05, 0) is 38.3 Å². The number of hydrogen-bond acceptors (Lipinski definition) is 4. The highest BCUT2D eigenvalue weighted by molar-refractivity contribution is 7.99. The third-order valence-electron chi connectivity index (χ3n) is 5.33. The molecule has 0 aromatic rings. The lowest BCUT2D eigenvalue weighted by atomic mass is 10.1. The van der Waals surface area contributed by atoms with E-state index in [2.05, 4.69) is 36.8 Å². The molecule has 0 saturated carbocycles. The summed E-state index contributed by atoms with van der Waals surface area (Å²) in [5, 5.41) is 3.59. The van der Waals surface area contributed by atoms with Crippen LogP contribution in [0.3, 0.4) is 0 Å². The van der Waals surface area contributed by atoms with Crippen molar-refractivity contribution in [3.63, 3.8) is 0 Å². The van der Waals surface area contributed by atoms with E-state index in [0.29, 0.717) is 0 Å². The van der Waals surface area contributed by atoms with Crippen LogP contribution in [0.1, 0.15) is 19.3 Å². The van der Waals surface area contributed by atoms with Crippen molar-refractivity contribution in [1.29, 1.82) is 0 Å². The quantitative estimate of drug-likeness (QED) is 0.598. The van der Waals surface area contributed by atoms with E-state index < -0.39 is 0 Å². The van der Waals surface area contributed by atoms with Crippen molar-refractivity contribution >= 4 is 17.7 Å². The molecule has 3 aliphatic heterocycles. The zero-order chi connectivity index (χ0) is 15.9. The highest BCUT2D eigenvalue weighted by Crippen LogP contribution is 2.19. The molecule has 3 saturated heterocycles. The van der Waals surface area contributed by atoms with Crippen molar-refractivity contribution in [2.24, 2.45) is 10.9 Å². The molecule has 0 aliphatic carbocycles. The molecule has 0 aromatic carbocycles. The van der Waals surface area contributed by atoms with E-state index in [1.807, 2.05) is 7.05 Å². The van der Waals surface area contributed by atoms with Gasteiger partial charge in [0, 0.05) is 64.4 Å². The molecule has 0 spiro atoms. The average Bonchev–Trinajstić information content (AvgIpc) is 3.25. The second-order valence-corrected chi connectivity index (χ2v) is 8.26. The van der Waals surface area contributed by atoms with Crippen LogP contribution < -0.4 is 5.32 Å². The number of guanidine groups is 1. The standard InChI is InChI=1S/C17H33N5S/c1-18-17(19-5-9-20-10-12-23-13-11-20)22-8-4-16(15-22)14-21-6-2-3-7-21/h16H,2-15H2,1H3,(H,18,19). The Morgan fingerprint density at radius 2 is 1.87 bits per heavy atom. The van der Waals surface area contributed by atoms with Crippen LogP contribution in [0.5, 0.6) is 0 Å². The molecule has 0 radical (unpaired) electrons. The predicted octanol–water partition coefficient (Wildman–Crippen LogP) is 1.03. The number of hydrogen-bond donors (Lipinski definition) is 1. The van der Waals surface area contributed by atoms with Crippen LogP contribution in [0, 0.1) is 5.92 Å². The van der Waals surface area contributed by atoms with Crippen molar-refractivity contribution in [2.75, 3.05) is 77.5 Å². The number of thioether (sulfide) groups is 1. The van der Waals surface area contributed by atoms with Gasteiger partial charge in [0.05, 0.1) is 0 Å². The Balaban J connectivity index is 1.36. The van der Waals surface area contributed by atoms with Gasteiger partial charge in [0.25, 0.3) is 0 Å². The first-order chi connectivity index (χ1) is 11.3. The summed E-state index contributed by atoms with van der Waals surface area (Å²) in [5.41, 5.74) is 0. The molecule has 1 atom stereocenters. The minimum Gasteiger partial charge on any atom is -0.355 e. The SMILES string of the molecule is CN=C(NCCN1CCSCC1)N1CCC(CN2CCCC2)C1. The molecule has 3 aliphatic rings. The molecule has 132 valence electrons. The van der Waals surface area contributed by atoms with Crippen LogP contribution >= 0.6 is 11.8 Å². The second-order valence-electron chi connectivity index (χ2n) is 7.04. The molecule has 23 heavy (non-hydrogen) atoms. The molecule has 5 nitrogen and oxygen atoms in total. The maximum Gasteiger partial charge on any atom is 0.193 e. The molecular formula is C17H33N5S. The van der Waals surface area contributed by atoms with Crippen LogP contribution in [0.4, 0.5) is 0 Å². The van der Waals surface area contributed by atoms with Crippen LogP contribution in [0.2, 0.25) is 0 Å². The van der Waals surface area contributed by atoms with Gasteiger partial charge in [-0.1, -0.05) is 0 Å². The monoisotopic (exact) mass is 339 g/mol. The lowest BCUT2D eigenvalue weighted by Gasteiger charge is -2.27. The summed E-state index contributed by atoms with van der Waals surface area (Å²) >= 11 is 2.08. The van der Waals surface area contributed by atoms with Gasteiger partial charge >= 0.3 is 0 Å². The van der Waals surface area contributed by atoms with E-state index in [4.69, 9.17) is 0 Å². The Morgan fingerprint density at radius 1 is 1.09 bits per heavy atom. The van der Waals surface area contributed by atoms with Crippen LogP contribution in [-0.4, -0.2) is 98.1 Å². The van der Waals surface area contributed by atoms with Crippen LogP contribution in [0.25, 0.3) is 0 Å². The van der Waals surface area contributed by atoms with Gasteiger partial charge in [-0.2, -0.15) is 11.8 Å². The molecule has 1 unspecified atom stereocenters. The summed E-state index contributed by atoms with van der Waals surface area (Å²) in [7, 11) is 1.92.